The van der Waals surface area contributed by atoms with Crippen molar-refractivity contribution < 1.29 is 9.59 Å². The van der Waals surface area contributed by atoms with E-state index >= 15 is 0 Å². The van der Waals surface area contributed by atoms with E-state index in [1.165, 1.54) is 12.3 Å². The van der Waals surface area contributed by atoms with E-state index in [1.807, 2.05) is 63.2 Å². The lowest BCUT2D eigenvalue weighted by atomic mass is 10.1. The van der Waals surface area contributed by atoms with Crippen LogP contribution < -0.4 is 10.6 Å². The van der Waals surface area contributed by atoms with Gasteiger partial charge in [-0.05, 0) is 67.3 Å². The fourth-order valence-corrected chi connectivity index (χ4v) is 2.80. The number of nitrogens with zero attached hydrogens (tertiary/aromatic N) is 1. The van der Waals surface area contributed by atoms with E-state index in [0.717, 1.165) is 22.3 Å². The van der Waals surface area contributed by atoms with Crippen molar-refractivity contribution in [3.63, 3.8) is 0 Å². The molecule has 0 bridgehead atoms. The number of aryl methyl sites for hydroxylation is 3. The van der Waals surface area contributed by atoms with Crippen LogP contribution in [0, 0.1) is 20.8 Å². The molecule has 0 aliphatic rings. The monoisotopic (exact) mass is 373 g/mol. The van der Waals surface area contributed by atoms with Crippen molar-refractivity contribution >= 4 is 17.5 Å². The first-order chi connectivity index (χ1) is 13.4. The van der Waals surface area contributed by atoms with Gasteiger partial charge in [0.2, 0.25) is 0 Å². The number of anilines is 1. The van der Waals surface area contributed by atoms with Crippen LogP contribution in [0.4, 0.5) is 5.69 Å². The molecule has 0 spiro atoms. The summed E-state index contributed by atoms with van der Waals surface area (Å²) in [6.45, 7) is 6.44. The maximum atomic E-state index is 12.5. The second-order valence-corrected chi connectivity index (χ2v) is 6.79. The van der Waals surface area contributed by atoms with Crippen LogP contribution in [0.2, 0.25) is 0 Å². The molecule has 1 aromatic heterocycles. The summed E-state index contributed by atoms with van der Waals surface area (Å²) in [5.74, 6) is -0.595. The Morgan fingerprint density at radius 1 is 0.857 bits per heavy atom. The largest absolute Gasteiger partial charge is 0.348 e. The predicted molar refractivity (Wildman–Crippen MR) is 110 cm³/mol. The molecule has 0 fully saturated rings. The number of hydrogen-bond donors (Lipinski definition) is 2. The van der Waals surface area contributed by atoms with Gasteiger partial charge in [-0.15, -0.1) is 0 Å². The zero-order valence-electron chi connectivity index (χ0n) is 16.2. The number of rotatable bonds is 5. The molecule has 5 nitrogen and oxygen atoms in total. The topological polar surface area (TPSA) is 71.1 Å². The first kappa shape index (κ1) is 19.3. The fraction of sp³-hybridized carbons (Fsp3) is 0.174. The highest BCUT2D eigenvalue weighted by Gasteiger charge is 2.13. The third kappa shape index (κ3) is 4.62. The van der Waals surface area contributed by atoms with Gasteiger partial charge in [-0.1, -0.05) is 30.3 Å². The lowest BCUT2D eigenvalue weighted by Gasteiger charge is -2.10. The third-order valence-electron chi connectivity index (χ3n) is 4.72. The second kappa shape index (κ2) is 8.48. The summed E-state index contributed by atoms with van der Waals surface area (Å²) in [7, 11) is 0. The summed E-state index contributed by atoms with van der Waals surface area (Å²) in [5.41, 5.74) is 5.71. The van der Waals surface area contributed by atoms with Gasteiger partial charge >= 0.3 is 0 Å². The molecule has 0 aliphatic heterocycles. The van der Waals surface area contributed by atoms with Gasteiger partial charge in [0, 0.05) is 24.0 Å². The number of carbonyl (C=O) groups is 2. The molecule has 142 valence electrons. The number of carbonyl (C=O) groups excluding carboxylic acids is 2. The molecule has 2 N–H and O–H groups in total. The number of amides is 2. The van der Waals surface area contributed by atoms with Crippen molar-refractivity contribution in [3.05, 3.63) is 94.3 Å². The van der Waals surface area contributed by atoms with Gasteiger partial charge in [0.15, 0.2) is 0 Å². The molecule has 0 aliphatic carbocycles. The Kier molecular flexibility index (Phi) is 5.84. The average molecular weight is 373 g/mol. The van der Waals surface area contributed by atoms with Crippen molar-refractivity contribution in [1.29, 1.82) is 0 Å². The maximum absolute atomic E-state index is 12.5. The quantitative estimate of drug-likeness (QED) is 0.704. The summed E-state index contributed by atoms with van der Waals surface area (Å²) in [5, 5.41) is 5.71. The van der Waals surface area contributed by atoms with Crippen molar-refractivity contribution in [1.82, 2.24) is 10.3 Å². The van der Waals surface area contributed by atoms with Gasteiger partial charge in [0.1, 0.15) is 5.69 Å². The summed E-state index contributed by atoms with van der Waals surface area (Å²) < 4.78 is 0. The standard InChI is InChI=1S/C23H23N3O2/c1-15-8-9-20(12-17(15)3)26-23(28)21-13-18(10-11-24-21)22(27)25-14-19-7-5-4-6-16(19)2/h4-13H,14H2,1-3H3,(H,25,27)(H,26,28). The summed E-state index contributed by atoms with van der Waals surface area (Å²) in [6.07, 6.45) is 1.47. The van der Waals surface area contributed by atoms with Crippen LogP contribution in [-0.4, -0.2) is 16.8 Å². The smallest absolute Gasteiger partial charge is 0.274 e. The van der Waals surface area contributed by atoms with Crippen LogP contribution in [0.25, 0.3) is 0 Å². The molecule has 2 aromatic carbocycles. The van der Waals surface area contributed by atoms with Crippen molar-refractivity contribution in [2.24, 2.45) is 0 Å². The Hall–Kier alpha value is -3.47. The lowest BCUT2D eigenvalue weighted by Crippen LogP contribution is -2.24. The molecule has 5 heteroatoms. The Bertz CT molecular complexity index is 1030. The molecule has 0 radical (unpaired) electrons. The van der Waals surface area contributed by atoms with Crippen LogP contribution in [0.1, 0.15) is 43.1 Å². The molecule has 28 heavy (non-hydrogen) atoms. The van der Waals surface area contributed by atoms with Crippen molar-refractivity contribution in [2.75, 3.05) is 5.32 Å². The first-order valence-electron chi connectivity index (χ1n) is 9.11. The molecule has 2 amide bonds. The molecule has 1 heterocycles. The highest BCUT2D eigenvalue weighted by molar-refractivity contribution is 6.04. The SMILES string of the molecule is Cc1ccc(NC(=O)c2cc(C(=O)NCc3ccccc3C)ccn2)cc1C. The molecule has 3 rings (SSSR count). The number of aromatic nitrogens is 1. The number of nitrogens with one attached hydrogen (secondary N) is 2. The van der Waals surface area contributed by atoms with E-state index < -0.39 is 0 Å². The minimum Gasteiger partial charge on any atom is -0.348 e. The van der Waals surface area contributed by atoms with Gasteiger partial charge < -0.3 is 10.6 Å². The van der Waals surface area contributed by atoms with Gasteiger partial charge in [-0.3, -0.25) is 14.6 Å². The fourth-order valence-electron chi connectivity index (χ4n) is 2.80. The van der Waals surface area contributed by atoms with Crippen LogP contribution in [0.3, 0.4) is 0 Å². The highest BCUT2D eigenvalue weighted by atomic mass is 16.2. The molecule has 3 aromatic rings. The lowest BCUT2D eigenvalue weighted by molar-refractivity contribution is 0.0950. The van der Waals surface area contributed by atoms with Gasteiger partial charge in [0.25, 0.3) is 11.8 Å². The summed E-state index contributed by atoms with van der Waals surface area (Å²) >= 11 is 0. The van der Waals surface area contributed by atoms with Crippen LogP contribution in [0.15, 0.2) is 60.8 Å². The Labute approximate surface area is 164 Å². The summed E-state index contributed by atoms with van der Waals surface area (Å²) in [6, 6.07) is 16.7. The summed E-state index contributed by atoms with van der Waals surface area (Å²) in [4.78, 5) is 29.1. The van der Waals surface area contributed by atoms with Gasteiger partial charge in [-0.25, -0.2) is 0 Å². The molecule has 0 atom stereocenters. The normalized spacial score (nSPS) is 10.4. The van der Waals surface area contributed by atoms with E-state index in [9.17, 15) is 9.59 Å². The van der Waals surface area contributed by atoms with Crippen LogP contribution in [0.5, 0.6) is 0 Å². The third-order valence-corrected chi connectivity index (χ3v) is 4.72. The average Bonchev–Trinajstić information content (AvgIpc) is 2.70. The molecular weight excluding hydrogens is 350 g/mol. The Balaban J connectivity index is 1.68. The predicted octanol–water partition coefficient (Wildman–Crippen LogP) is 4.19. The van der Waals surface area contributed by atoms with E-state index in [-0.39, 0.29) is 17.5 Å². The van der Waals surface area contributed by atoms with Gasteiger partial charge in [0.05, 0.1) is 0 Å². The number of benzene rings is 2. The second-order valence-electron chi connectivity index (χ2n) is 6.79. The Morgan fingerprint density at radius 2 is 1.64 bits per heavy atom. The maximum Gasteiger partial charge on any atom is 0.274 e. The van der Waals surface area contributed by atoms with Gasteiger partial charge in [-0.2, -0.15) is 0 Å². The van der Waals surface area contributed by atoms with E-state index in [0.29, 0.717) is 17.8 Å². The number of pyridine rings is 1. The first-order valence-corrected chi connectivity index (χ1v) is 9.11. The zero-order chi connectivity index (χ0) is 20.1. The molecular formula is C23H23N3O2. The molecule has 0 saturated heterocycles. The Morgan fingerprint density at radius 3 is 2.39 bits per heavy atom. The van der Waals surface area contributed by atoms with Crippen LogP contribution in [-0.2, 0) is 6.54 Å². The molecule has 0 unspecified atom stereocenters. The van der Waals surface area contributed by atoms with E-state index in [4.69, 9.17) is 0 Å². The minimum atomic E-state index is -0.350. The minimum absolute atomic E-state index is 0.196. The highest BCUT2D eigenvalue weighted by Crippen LogP contribution is 2.15. The van der Waals surface area contributed by atoms with E-state index in [2.05, 4.69) is 15.6 Å². The van der Waals surface area contributed by atoms with Crippen LogP contribution >= 0.6 is 0 Å². The number of hydrogen-bond acceptors (Lipinski definition) is 3. The zero-order valence-corrected chi connectivity index (χ0v) is 16.2. The van der Waals surface area contributed by atoms with E-state index in [1.54, 1.807) is 6.07 Å². The van der Waals surface area contributed by atoms with Crippen molar-refractivity contribution in [2.45, 2.75) is 27.3 Å². The van der Waals surface area contributed by atoms with Crippen molar-refractivity contribution in [3.8, 4) is 0 Å². The molecule has 0 saturated carbocycles.